The van der Waals surface area contributed by atoms with E-state index >= 15 is 0 Å². The smallest absolute Gasteiger partial charge is 0.234 e. The Hall–Kier alpha value is -2.60. The highest BCUT2D eigenvalue weighted by atomic mass is 32.2. The zero-order valence-electron chi connectivity index (χ0n) is 14.5. The van der Waals surface area contributed by atoms with Crippen LogP contribution in [0.1, 0.15) is 17.0 Å². The molecule has 0 unspecified atom stereocenters. The lowest BCUT2D eigenvalue weighted by Gasteiger charge is -2.11. The number of carbonyl (C=O) groups excluding carboxylic acids is 1. The first-order chi connectivity index (χ1) is 12.0. The summed E-state index contributed by atoms with van der Waals surface area (Å²) in [6.45, 7) is 5.96. The summed E-state index contributed by atoms with van der Waals surface area (Å²) in [6, 6.07) is 15.8. The van der Waals surface area contributed by atoms with Gasteiger partial charge < -0.3 is 5.32 Å². The molecule has 0 radical (unpaired) electrons. The van der Waals surface area contributed by atoms with E-state index in [2.05, 4.69) is 15.5 Å². The van der Waals surface area contributed by atoms with Gasteiger partial charge in [0.05, 0.1) is 11.4 Å². The molecule has 1 N–H and O–H groups in total. The van der Waals surface area contributed by atoms with Crippen molar-refractivity contribution in [2.75, 3.05) is 11.1 Å². The standard InChI is InChI=1S/C19H20N4OS/c1-13-7-6-9-16(11-13)20-18(24)12-25-19-22-21-15(3)23(19)17-10-5-4-8-14(17)2/h4-11H,12H2,1-3H3,(H,20,24). The van der Waals surface area contributed by atoms with E-state index in [0.717, 1.165) is 28.3 Å². The predicted molar refractivity (Wildman–Crippen MR) is 101 cm³/mol. The molecule has 0 spiro atoms. The molecule has 2 aromatic carbocycles. The van der Waals surface area contributed by atoms with Crippen molar-refractivity contribution >= 4 is 23.4 Å². The molecule has 0 saturated carbocycles. The summed E-state index contributed by atoms with van der Waals surface area (Å²) in [5.41, 5.74) is 4.09. The van der Waals surface area contributed by atoms with E-state index in [-0.39, 0.29) is 11.7 Å². The highest BCUT2D eigenvalue weighted by molar-refractivity contribution is 7.99. The molecule has 1 amide bonds. The lowest BCUT2D eigenvalue weighted by atomic mass is 10.2. The summed E-state index contributed by atoms with van der Waals surface area (Å²) in [6.07, 6.45) is 0. The van der Waals surface area contributed by atoms with Crippen LogP contribution < -0.4 is 5.32 Å². The second-order valence-electron chi connectivity index (χ2n) is 5.86. The molecule has 0 fully saturated rings. The number of aromatic nitrogens is 3. The Morgan fingerprint density at radius 1 is 1.08 bits per heavy atom. The molecule has 0 saturated heterocycles. The van der Waals surface area contributed by atoms with Crippen LogP contribution in [0.15, 0.2) is 53.7 Å². The fourth-order valence-electron chi connectivity index (χ4n) is 2.58. The van der Waals surface area contributed by atoms with E-state index in [1.165, 1.54) is 11.8 Å². The van der Waals surface area contributed by atoms with Gasteiger partial charge in [0, 0.05) is 5.69 Å². The van der Waals surface area contributed by atoms with Gasteiger partial charge in [-0.05, 0) is 50.1 Å². The van der Waals surface area contributed by atoms with Crippen LogP contribution >= 0.6 is 11.8 Å². The average Bonchev–Trinajstić information content (AvgIpc) is 2.94. The normalized spacial score (nSPS) is 10.7. The van der Waals surface area contributed by atoms with Crippen molar-refractivity contribution in [3.05, 3.63) is 65.5 Å². The number of benzene rings is 2. The molecule has 0 atom stereocenters. The number of para-hydroxylation sites is 1. The molecule has 0 bridgehead atoms. The first-order valence-corrected chi connectivity index (χ1v) is 9.00. The molecule has 1 aromatic heterocycles. The highest BCUT2D eigenvalue weighted by Gasteiger charge is 2.14. The third-order valence-corrected chi connectivity index (χ3v) is 4.71. The minimum atomic E-state index is -0.0624. The maximum Gasteiger partial charge on any atom is 0.234 e. The average molecular weight is 352 g/mol. The molecule has 25 heavy (non-hydrogen) atoms. The van der Waals surface area contributed by atoms with Crippen LogP contribution in [0.3, 0.4) is 0 Å². The second-order valence-corrected chi connectivity index (χ2v) is 6.80. The third kappa shape index (κ3) is 4.09. The number of aryl methyl sites for hydroxylation is 3. The molecule has 128 valence electrons. The van der Waals surface area contributed by atoms with Crippen LogP contribution in [0.4, 0.5) is 5.69 Å². The van der Waals surface area contributed by atoms with Gasteiger partial charge in [0.15, 0.2) is 5.16 Å². The van der Waals surface area contributed by atoms with Crippen molar-refractivity contribution in [3.63, 3.8) is 0 Å². The number of nitrogens with zero attached hydrogens (tertiary/aromatic N) is 3. The van der Waals surface area contributed by atoms with E-state index in [4.69, 9.17) is 0 Å². The molecule has 6 heteroatoms. The summed E-state index contributed by atoms with van der Waals surface area (Å²) in [5.74, 6) is 1.02. The largest absolute Gasteiger partial charge is 0.325 e. The molecule has 3 rings (SSSR count). The van der Waals surface area contributed by atoms with Crippen molar-refractivity contribution in [1.29, 1.82) is 0 Å². The number of nitrogens with one attached hydrogen (secondary N) is 1. The number of anilines is 1. The molecule has 0 aliphatic rings. The Morgan fingerprint density at radius 2 is 1.88 bits per heavy atom. The van der Waals surface area contributed by atoms with Crippen molar-refractivity contribution < 1.29 is 4.79 Å². The van der Waals surface area contributed by atoms with E-state index in [1.807, 2.05) is 73.9 Å². The fraction of sp³-hybridized carbons (Fsp3) is 0.211. The lowest BCUT2D eigenvalue weighted by molar-refractivity contribution is -0.113. The van der Waals surface area contributed by atoms with Crippen molar-refractivity contribution in [1.82, 2.24) is 14.8 Å². The Kier molecular flexibility index (Phi) is 5.19. The summed E-state index contributed by atoms with van der Waals surface area (Å²) >= 11 is 1.38. The van der Waals surface area contributed by atoms with E-state index in [9.17, 15) is 4.79 Å². The zero-order valence-corrected chi connectivity index (χ0v) is 15.3. The van der Waals surface area contributed by atoms with Crippen LogP contribution in [-0.4, -0.2) is 26.4 Å². The SMILES string of the molecule is Cc1cccc(NC(=O)CSc2nnc(C)n2-c2ccccc2C)c1. The maximum atomic E-state index is 12.2. The van der Waals surface area contributed by atoms with Gasteiger partial charge in [-0.3, -0.25) is 9.36 Å². The van der Waals surface area contributed by atoms with Gasteiger partial charge in [-0.2, -0.15) is 0 Å². The van der Waals surface area contributed by atoms with Crippen LogP contribution in [0.2, 0.25) is 0 Å². The van der Waals surface area contributed by atoms with Crippen molar-refractivity contribution in [3.8, 4) is 5.69 Å². The summed E-state index contributed by atoms with van der Waals surface area (Å²) in [7, 11) is 0. The molecule has 1 heterocycles. The number of hydrogen-bond acceptors (Lipinski definition) is 4. The van der Waals surface area contributed by atoms with Gasteiger partial charge in [0.2, 0.25) is 5.91 Å². The van der Waals surface area contributed by atoms with Gasteiger partial charge in [-0.25, -0.2) is 0 Å². The highest BCUT2D eigenvalue weighted by Crippen LogP contribution is 2.24. The Bertz CT molecular complexity index is 904. The monoisotopic (exact) mass is 352 g/mol. The van der Waals surface area contributed by atoms with Crippen LogP contribution in [-0.2, 0) is 4.79 Å². The van der Waals surface area contributed by atoms with E-state index in [0.29, 0.717) is 5.16 Å². The Balaban J connectivity index is 1.72. The molecular weight excluding hydrogens is 332 g/mol. The van der Waals surface area contributed by atoms with Gasteiger partial charge in [0.25, 0.3) is 0 Å². The fourth-order valence-corrected chi connectivity index (χ4v) is 3.37. The number of carbonyl (C=O) groups is 1. The van der Waals surface area contributed by atoms with E-state index in [1.54, 1.807) is 0 Å². The van der Waals surface area contributed by atoms with Crippen LogP contribution in [0, 0.1) is 20.8 Å². The number of thioether (sulfide) groups is 1. The van der Waals surface area contributed by atoms with Crippen molar-refractivity contribution in [2.24, 2.45) is 0 Å². The summed E-state index contributed by atoms with van der Waals surface area (Å²) in [5, 5.41) is 12.0. The first kappa shape index (κ1) is 17.2. The number of rotatable bonds is 5. The number of amides is 1. The van der Waals surface area contributed by atoms with Crippen molar-refractivity contribution in [2.45, 2.75) is 25.9 Å². The number of hydrogen-bond donors (Lipinski definition) is 1. The molecular formula is C19H20N4OS. The Labute approximate surface area is 151 Å². The van der Waals surface area contributed by atoms with Gasteiger partial charge >= 0.3 is 0 Å². The van der Waals surface area contributed by atoms with Gasteiger partial charge in [-0.15, -0.1) is 10.2 Å². The molecule has 3 aromatic rings. The summed E-state index contributed by atoms with van der Waals surface area (Å²) in [4.78, 5) is 12.2. The van der Waals surface area contributed by atoms with Crippen LogP contribution in [0.25, 0.3) is 5.69 Å². The third-order valence-electron chi connectivity index (χ3n) is 3.79. The lowest BCUT2D eigenvalue weighted by Crippen LogP contribution is -2.14. The van der Waals surface area contributed by atoms with Crippen LogP contribution in [0.5, 0.6) is 0 Å². The van der Waals surface area contributed by atoms with E-state index < -0.39 is 0 Å². The topological polar surface area (TPSA) is 59.8 Å². The van der Waals surface area contributed by atoms with Gasteiger partial charge in [0.1, 0.15) is 5.82 Å². The Morgan fingerprint density at radius 3 is 2.64 bits per heavy atom. The maximum absolute atomic E-state index is 12.2. The summed E-state index contributed by atoms with van der Waals surface area (Å²) < 4.78 is 1.99. The minimum Gasteiger partial charge on any atom is -0.325 e. The second kappa shape index (κ2) is 7.53. The predicted octanol–water partition coefficient (Wildman–Crippen LogP) is 3.92. The molecule has 5 nitrogen and oxygen atoms in total. The van der Waals surface area contributed by atoms with Gasteiger partial charge in [-0.1, -0.05) is 42.1 Å². The molecule has 0 aliphatic carbocycles. The quantitative estimate of drug-likeness (QED) is 0.707. The molecule has 0 aliphatic heterocycles. The first-order valence-electron chi connectivity index (χ1n) is 8.02. The zero-order chi connectivity index (χ0) is 17.8. The minimum absolute atomic E-state index is 0.0624.